The molecule has 0 fully saturated rings. The van der Waals surface area contributed by atoms with Crippen molar-refractivity contribution in [3.63, 3.8) is 0 Å². The highest BCUT2D eigenvalue weighted by Gasteiger charge is 2.07. The first-order valence-electron chi connectivity index (χ1n) is 5.27. The lowest BCUT2D eigenvalue weighted by Gasteiger charge is -2.20. The van der Waals surface area contributed by atoms with Gasteiger partial charge in [0.05, 0.1) is 13.2 Å². The zero-order valence-corrected chi connectivity index (χ0v) is 9.07. The highest BCUT2D eigenvalue weighted by atomic mass is 16.5. The summed E-state index contributed by atoms with van der Waals surface area (Å²) in [6, 6.07) is 2.00. The molecule has 2 heterocycles. The number of aromatic amines is 1. The number of hydrogen-bond donors (Lipinski definition) is 1. The highest BCUT2D eigenvalue weighted by Crippen LogP contribution is 2.08. The first-order chi connectivity index (χ1) is 7.34. The molecule has 0 aliphatic carbocycles. The molecule has 1 aromatic rings. The minimum absolute atomic E-state index is 0.785. The highest BCUT2D eigenvalue weighted by molar-refractivity contribution is 5.07. The molecule has 0 amide bonds. The van der Waals surface area contributed by atoms with Crippen LogP contribution in [0.2, 0.25) is 0 Å². The fourth-order valence-corrected chi connectivity index (χ4v) is 1.78. The number of rotatable bonds is 4. The summed E-state index contributed by atoms with van der Waals surface area (Å²) in [4.78, 5) is 2.26. The van der Waals surface area contributed by atoms with Crippen LogP contribution in [0.4, 0.5) is 0 Å². The fraction of sp³-hybridized carbons (Fsp3) is 0.545. The standard InChI is InChI=1S/C11H17N3O/c1-14(8-11-4-5-12-13-11)7-10-3-2-6-15-9-10/h3-5H,2,6-9H2,1H3,(H,12,13). The van der Waals surface area contributed by atoms with E-state index < -0.39 is 0 Å². The molecular formula is C11H17N3O. The lowest BCUT2D eigenvalue weighted by molar-refractivity contribution is 0.143. The zero-order chi connectivity index (χ0) is 10.5. The molecule has 0 unspecified atom stereocenters. The number of nitrogens with one attached hydrogen (secondary N) is 1. The van der Waals surface area contributed by atoms with Crippen LogP contribution >= 0.6 is 0 Å². The van der Waals surface area contributed by atoms with Gasteiger partial charge in [0, 0.05) is 25.0 Å². The van der Waals surface area contributed by atoms with Crippen LogP contribution in [0.15, 0.2) is 23.9 Å². The van der Waals surface area contributed by atoms with Gasteiger partial charge in [-0.3, -0.25) is 10.00 Å². The lowest BCUT2D eigenvalue weighted by atomic mass is 10.2. The predicted molar refractivity (Wildman–Crippen MR) is 58.4 cm³/mol. The maximum absolute atomic E-state index is 5.40. The third kappa shape index (κ3) is 3.18. The lowest BCUT2D eigenvalue weighted by Crippen LogP contribution is -2.24. The molecule has 0 atom stereocenters. The molecule has 4 nitrogen and oxygen atoms in total. The molecule has 0 saturated carbocycles. The Kier molecular flexibility index (Phi) is 3.53. The largest absolute Gasteiger partial charge is 0.377 e. The number of ether oxygens (including phenoxy) is 1. The smallest absolute Gasteiger partial charge is 0.0689 e. The zero-order valence-electron chi connectivity index (χ0n) is 9.07. The van der Waals surface area contributed by atoms with Gasteiger partial charge in [0.1, 0.15) is 0 Å². The quantitative estimate of drug-likeness (QED) is 0.754. The molecule has 0 aromatic carbocycles. The van der Waals surface area contributed by atoms with E-state index in [1.165, 1.54) is 5.57 Å². The third-order valence-corrected chi connectivity index (χ3v) is 2.45. The summed E-state index contributed by atoms with van der Waals surface area (Å²) < 4.78 is 5.40. The van der Waals surface area contributed by atoms with Gasteiger partial charge in [-0.25, -0.2) is 0 Å². The SMILES string of the molecule is CN(CC1=CCCOC1)Cc1ccn[nH]1. The van der Waals surface area contributed by atoms with Gasteiger partial charge in [0.25, 0.3) is 0 Å². The van der Waals surface area contributed by atoms with E-state index in [0.29, 0.717) is 0 Å². The van der Waals surface area contributed by atoms with Crippen molar-refractivity contribution in [3.05, 3.63) is 29.6 Å². The van der Waals surface area contributed by atoms with Crippen molar-refractivity contribution in [2.45, 2.75) is 13.0 Å². The topological polar surface area (TPSA) is 41.1 Å². The van der Waals surface area contributed by atoms with Crippen LogP contribution in [0, 0.1) is 0 Å². The average Bonchev–Trinajstić information content (AvgIpc) is 2.71. The van der Waals surface area contributed by atoms with E-state index in [1.54, 1.807) is 6.20 Å². The molecule has 0 radical (unpaired) electrons. The Labute approximate surface area is 89.9 Å². The van der Waals surface area contributed by atoms with Gasteiger partial charge >= 0.3 is 0 Å². The van der Waals surface area contributed by atoms with Gasteiger partial charge in [-0.2, -0.15) is 5.10 Å². The van der Waals surface area contributed by atoms with Crippen LogP contribution < -0.4 is 0 Å². The van der Waals surface area contributed by atoms with Gasteiger partial charge in [0.15, 0.2) is 0 Å². The van der Waals surface area contributed by atoms with Crippen molar-refractivity contribution in [1.82, 2.24) is 15.1 Å². The fourth-order valence-electron chi connectivity index (χ4n) is 1.78. The summed E-state index contributed by atoms with van der Waals surface area (Å²) in [7, 11) is 2.11. The van der Waals surface area contributed by atoms with Gasteiger partial charge in [-0.15, -0.1) is 0 Å². The van der Waals surface area contributed by atoms with Crippen molar-refractivity contribution in [3.8, 4) is 0 Å². The second kappa shape index (κ2) is 5.09. The van der Waals surface area contributed by atoms with E-state index in [-0.39, 0.29) is 0 Å². The summed E-state index contributed by atoms with van der Waals surface area (Å²) in [5.74, 6) is 0. The number of H-pyrrole nitrogens is 1. The van der Waals surface area contributed by atoms with E-state index in [2.05, 4.69) is 28.2 Å². The van der Waals surface area contributed by atoms with E-state index in [1.807, 2.05) is 6.07 Å². The number of likely N-dealkylation sites (N-methyl/N-ethyl adjacent to an activating group) is 1. The van der Waals surface area contributed by atoms with Crippen LogP contribution in [-0.4, -0.2) is 41.9 Å². The Hall–Kier alpha value is -1.13. The van der Waals surface area contributed by atoms with Crippen molar-refractivity contribution in [2.75, 3.05) is 26.8 Å². The molecule has 0 saturated heterocycles. The van der Waals surface area contributed by atoms with E-state index in [9.17, 15) is 0 Å². The Bertz CT molecular complexity index is 319. The molecule has 1 N–H and O–H groups in total. The Morgan fingerprint density at radius 2 is 2.47 bits per heavy atom. The maximum Gasteiger partial charge on any atom is 0.0689 e. The average molecular weight is 207 g/mol. The Morgan fingerprint density at radius 3 is 3.13 bits per heavy atom. The second-order valence-corrected chi connectivity index (χ2v) is 3.96. The van der Waals surface area contributed by atoms with Crippen molar-refractivity contribution >= 4 is 0 Å². The number of hydrogen-bond acceptors (Lipinski definition) is 3. The van der Waals surface area contributed by atoms with Gasteiger partial charge in [0.2, 0.25) is 0 Å². The summed E-state index contributed by atoms with van der Waals surface area (Å²) in [5, 5.41) is 6.89. The molecule has 0 bridgehead atoms. The van der Waals surface area contributed by atoms with Crippen LogP contribution in [0.25, 0.3) is 0 Å². The van der Waals surface area contributed by atoms with Crippen LogP contribution in [0.3, 0.4) is 0 Å². The Morgan fingerprint density at radius 1 is 1.53 bits per heavy atom. The van der Waals surface area contributed by atoms with Crippen LogP contribution in [0.5, 0.6) is 0 Å². The van der Waals surface area contributed by atoms with Crippen LogP contribution in [-0.2, 0) is 11.3 Å². The number of nitrogens with zero attached hydrogens (tertiary/aromatic N) is 2. The van der Waals surface area contributed by atoms with Crippen LogP contribution in [0.1, 0.15) is 12.1 Å². The van der Waals surface area contributed by atoms with Gasteiger partial charge in [-0.05, 0) is 25.1 Å². The van der Waals surface area contributed by atoms with Gasteiger partial charge < -0.3 is 4.74 Å². The first kappa shape index (κ1) is 10.4. The van der Waals surface area contributed by atoms with Crippen molar-refractivity contribution in [2.24, 2.45) is 0 Å². The molecule has 1 aliphatic rings. The first-order valence-corrected chi connectivity index (χ1v) is 5.27. The summed E-state index contributed by atoms with van der Waals surface area (Å²) in [6.07, 6.45) is 5.12. The molecular weight excluding hydrogens is 190 g/mol. The predicted octanol–water partition coefficient (Wildman–Crippen LogP) is 1.19. The molecule has 0 spiro atoms. The van der Waals surface area contributed by atoms with Crippen molar-refractivity contribution < 1.29 is 4.74 Å². The Balaban J connectivity index is 1.81. The minimum Gasteiger partial charge on any atom is -0.377 e. The molecule has 15 heavy (non-hydrogen) atoms. The summed E-state index contributed by atoms with van der Waals surface area (Å²) >= 11 is 0. The third-order valence-electron chi connectivity index (χ3n) is 2.45. The van der Waals surface area contributed by atoms with E-state index >= 15 is 0 Å². The van der Waals surface area contributed by atoms with Gasteiger partial charge in [-0.1, -0.05) is 6.08 Å². The molecule has 1 aliphatic heterocycles. The molecule has 4 heteroatoms. The normalized spacial score (nSPS) is 16.8. The summed E-state index contributed by atoms with van der Waals surface area (Å²) in [6.45, 7) is 3.53. The molecule has 1 aromatic heterocycles. The minimum atomic E-state index is 0.785. The monoisotopic (exact) mass is 207 g/mol. The second-order valence-electron chi connectivity index (χ2n) is 3.96. The molecule has 2 rings (SSSR count). The summed E-state index contributed by atoms with van der Waals surface area (Å²) in [5.41, 5.74) is 2.53. The van der Waals surface area contributed by atoms with E-state index in [0.717, 1.165) is 38.4 Å². The molecule has 82 valence electrons. The maximum atomic E-state index is 5.40. The number of aromatic nitrogens is 2. The van der Waals surface area contributed by atoms with Crippen molar-refractivity contribution in [1.29, 1.82) is 0 Å². The van der Waals surface area contributed by atoms with E-state index in [4.69, 9.17) is 4.74 Å².